The quantitative estimate of drug-likeness (QED) is 0.363. The first-order valence-electron chi connectivity index (χ1n) is 5.60. The average Bonchev–Trinajstić information content (AvgIpc) is 3.11. The number of oxime groups is 1. The van der Waals surface area contributed by atoms with Crippen LogP contribution in [0.25, 0.3) is 0 Å². The Labute approximate surface area is 99.5 Å². The molecule has 17 heavy (non-hydrogen) atoms. The van der Waals surface area contributed by atoms with Crippen molar-refractivity contribution in [1.29, 1.82) is 0 Å². The maximum Gasteiger partial charge on any atom is 0.172 e. The third-order valence-electron chi connectivity index (χ3n) is 2.98. The summed E-state index contributed by atoms with van der Waals surface area (Å²) in [5.74, 6) is 0.252. The van der Waals surface area contributed by atoms with Gasteiger partial charge in [-0.05, 0) is 37.0 Å². The molecule has 5 heteroatoms. The SMILES string of the molecule is CN(CC1CC1)c1ccc(F)cc1/C(N)=N/O. The van der Waals surface area contributed by atoms with E-state index in [-0.39, 0.29) is 5.84 Å². The van der Waals surface area contributed by atoms with Gasteiger partial charge < -0.3 is 15.8 Å². The fourth-order valence-corrected chi connectivity index (χ4v) is 1.89. The molecule has 0 unspecified atom stereocenters. The van der Waals surface area contributed by atoms with Crippen molar-refractivity contribution in [3.63, 3.8) is 0 Å². The van der Waals surface area contributed by atoms with E-state index in [0.717, 1.165) is 12.2 Å². The zero-order valence-corrected chi connectivity index (χ0v) is 9.73. The molecule has 0 spiro atoms. The van der Waals surface area contributed by atoms with Crippen molar-refractivity contribution >= 4 is 11.5 Å². The first-order valence-corrected chi connectivity index (χ1v) is 5.60. The molecule has 0 saturated heterocycles. The van der Waals surface area contributed by atoms with Gasteiger partial charge in [0.2, 0.25) is 0 Å². The average molecular weight is 237 g/mol. The fourth-order valence-electron chi connectivity index (χ4n) is 1.89. The van der Waals surface area contributed by atoms with Gasteiger partial charge in [-0.1, -0.05) is 5.16 Å². The summed E-state index contributed by atoms with van der Waals surface area (Å²) in [6, 6.07) is 4.33. The second-order valence-electron chi connectivity index (χ2n) is 4.47. The minimum absolute atomic E-state index is 0.0675. The third-order valence-corrected chi connectivity index (χ3v) is 2.98. The Hall–Kier alpha value is -1.78. The molecule has 0 radical (unpaired) electrons. The van der Waals surface area contributed by atoms with Crippen molar-refractivity contribution in [3.05, 3.63) is 29.6 Å². The number of anilines is 1. The highest BCUT2D eigenvalue weighted by atomic mass is 19.1. The molecule has 0 atom stereocenters. The van der Waals surface area contributed by atoms with Crippen LogP contribution < -0.4 is 10.6 Å². The van der Waals surface area contributed by atoms with Crippen LogP contribution in [0.2, 0.25) is 0 Å². The van der Waals surface area contributed by atoms with Crippen LogP contribution in [-0.4, -0.2) is 24.6 Å². The lowest BCUT2D eigenvalue weighted by Gasteiger charge is -2.21. The summed E-state index contributed by atoms with van der Waals surface area (Å²) in [5.41, 5.74) is 6.77. The Morgan fingerprint density at radius 3 is 2.88 bits per heavy atom. The van der Waals surface area contributed by atoms with Crippen LogP contribution in [0.3, 0.4) is 0 Å². The van der Waals surface area contributed by atoms with Crippen LogP contribution in [0, 0.1) is 11.7 Å². The maximum absolute atomic E-state index is 13.2. The van der Waals surface area contributed by atoms with Crippen molar-refractivity contribution in [3.8, 4) is 0 Å². The van der Waals surface area contributed by atoms with E-state index in [1.54, 1.807) is 6.07 Å². The van der Waals surface area contributed by atoms with Gasteiger partial charge in [-0.2, -0.15) is 0 Å². The Morgan fingerprint density at radius 2 is 2.29 bits per heavy atom. The van der Waals surface area contributed by atoms with Gasteiger partial charge >= 0.3 is 0 Å². The van der Waals surface area contributed by atoms with Gasteiger partial charge in [0, 0.05) is 24.8 Å². The Kier molecular flexibility index (Phi) is 3.17. The van der Waals surface area contributed by atoms with Gasteiger partial charge in [-0.15, -0.1) is 0 Å². The monoisotopic (exact) mass is 237 g/mol. The van der Waals surface area contributed by atoms with Crippen LogP contribution in [0.4, 0.5) is 10.1 Å². The molecule has 4 nitrogen and oxygen atoms in total. The van der Waals surface area contributed by atoms with E-state index in [1.807, 2.05) is 11.9 Å². The molecule has 0 bridgehead atoms. The third kappa shape index (κ3) is 2.67. The first kappa shape index (κ1) is 11.7. The highest BCUT2D eigenvalue weighted by Gasteiger charge is 2.24. The van der Waals surface area contributed by atoms with Crippen molar-refractivity contribution in [2.45, 2.75) is 12.8 Å². The summed E-state index contributed by atoms with van der Waals surface area (Å²) in [6.45, 7) is 0.914. The molecule has 1 saturated carbocycles. The molecule has 1 aromatic rings. The minimum atomic E-state index is -0.393. The molecule has 1 fully saturated rings. The molecule has 0 amide bonds. The molecule has 0 aliphatic heterocycles. The molecule has 0 aromatic heterocycles. The number of hydrogen-bond donors (Lipinski definition) is 2. The number of rotatable bonds is 4. The van der Waals surface area contributed by atoms with E-state index in [9.17, 15) is 4.39 Å². The summed E-state index contributed by atoms with van der Waals surface area (Å²) in [4.78, 5) is 2.02. The first-order chi connectivity index (χ1) is 8.11. The number of halogens is 1. The summed E-state index contributed by atoms with van der Waals surface area (Å²) < 4.78 is 13.2. The van der Waals surface area contributed by atoms with Crippen LogP contribution in [-0.2, 0) is 0 Å². The van der Waals surface area contributed by atoms with Crippen LogP contribution >= 0.6 is 0 Å². The lowest BCUT2D eigenvalue weighted by atomic mass is 10.1. The predicted molar refractivity (Wildman–Crippen MR) is 64.9 cm³/mol. The molecule has 1 aromatic carbocycles. The van der Waals surface area contributed by atoms with Crippen molar-refractivity contribution < 1.29 is 9.60 Å². The number of amidine groups is 1. The molecular weight excluding hydrogens is 221 g/mol. The number of benzene rings is 1. The van der Waals surface area contributed by atoms with Gasteiger partial charge in [0.05, 0.1) is 0 Å². The Balaban J connectivity index is 2.30. The summed E-state index contributed by atoms with van der Waals surface area (Å²) >= 11 is 0. The molecule has 0 heterocycles. The normalized spacial score (nSPS) is 16.0. The van der Waals surface area contributed by atoms with E-state index >= 15 is 0 Å². The van der Waals surface area contributed by atoms with Crippen LogP contribution in [0.15, 0.2) is 23.4 Å². The zero-order chi connectivity index (χ0) is 12.4. The van der Waals surface area contributed by atoms with Gasteiger partial charge in [-0.25, -0.2) is 4.39 Å². The van der Waals surface area contributed by atoms with Crippen LogP contribution in [0.1, 0.15) is 18.4 Å². The molecule has 2 rings (SSSR count). The topological polar surface area (TPSA) is 61.8 Å². The van der Waals surface area contributed by atoms with Crippen molar-refractivity contribution in [1.82, 2.24) is 0 Å². The van der Waals surface area contributed by atoms with Gasteiger partial charge in [0.15, 0.2) is 5.84 Å². The lowest BCUT2D eigenvalue weighted by Crippen LogP contribution is -2.25. The van der Waals surface area contributed by atoms with E-state index in [2.05, 4.69) is 5.16 Å². The number of nitrogens with zero attached hydrogens (tertiary/aromatic N) is 2. The van der Waals surface area contributed by atoms with E-state index in [4.69, 9.17) is 10.9 Å². The number of nitrogens with two attached hydrogens (primary N) is 1. The van der Waals surface area contributed by atoms with E-state index in [0.29, 0.717) is 11.5 Å². The zero-order valence-electron chi connectivity index (χ0n) is 9.73. The maximum atomic E-state index is 13.2. The fraction of sp³-hybridized carbons (Fsp3) is 0.417. The largest absolute Gasteiger partial charge is 0.409 e. The van der Waals surface area contributed by atoms with Crippen molar-refractivity contribution in [2.75, 3.05) is 18.5 Å². The van der Waals surface area contributed by atoms with Gasteiger partial charge in [-0.3, -0.25) is 0 Å². The molecule has 3 N–H and O–H groups in total. The smallest absolute Gasteiger partial charge is 0.172 e. The second kappa shape index (κ2) is 4.61. The van der Waals surface area contributed by atoms with Gasteiger partial charge in [0.25, 0.3) is 0 Å². The van der Waals surface area contributed by atoms with E-state index in [1.165, 1.54) is 25.0 Å². The minimum Gasteiger partial charge on any atom is -0.409 e. The lowest BCUT2D eigenvalue weighted by molar-refractivity contribution is 0.318. The summed E-state index contributed by atoms with van der Waals surface area (Å²) in [7, 11) is 1.93. The highest BCUT2D eigenvalue weighted by molar-refractivity contribution is 6.02. The Morgan fingerprint density at radius 1 is 1.59 bits per heavy atom. The standard InChI is InChI=1S/C12H16FN3O/c1-16(7-8-2-3-8)11-5-4-9(13)6-10(11)12(14)15-17/h4-6,8,17H,2-3,7H2,1H3,(H2,14,15). The highest BCUT2D eigenvalue weighted by Crippen LogP contribution is 2.31. The second-order valence-corrected chi connectivity index (χ2v) is 4.47. The summed E-state index contributed by atoms with van der Waals surface area (Å²) in [5, 5.41) is 11.6. The van der Waals surface area contributed by atoms with Crippen LogP contribution in [0.5, 0.6) is 0 Å². The summed E-state index contributed by atoms with van der Waals surface area (Å²) in [6.07, 6.45) is 2.48. The molecular formula is C12H16FN3O. The molecule has 1 aliphatic carbocycles. The van der Waals surface area contributed by atoms with Gasteiger partial charge in [0.1, 0.15) is 5.82 Å². The van der Waals surface area contributed by atoms with Crippen molar-refractivity contribution in [2.24, 2.45) is 16.8 Å². The molecule has 1 aliphatic rings. The Bertz CT molecular complexity index is 443. The van der Waals surface area contributed by atoms with E-state index < -0.39 is 5.82 Å². The number of hydrogen-bond acceptors (Lipinski definition) is 3. The predicted octanol–water partition coefficient (Wildman–Crippen LogP) is 1.77. The molecule has 92 valence electrons.